The Labute approximate surface area is 251 Å². The van der Waals surface area contributed by atoms with Gasteiger partial charge in [0.15, 0.2) is 0 Å². The predicted octanol–water partition coefficient (Wildman–Crippen LogP) is 7.15. The summed E-state index contributed by atoms with van der Waals surface area (Å²) in [5, 5.41) is 5.87. The summed E-state index contributed by atoms with van der Waals surface area (Å²) < 4.78 is 11.1. The number of benzene rings is 2. The van der Waals surface area contributed by atoms with Gasteiger partial charge in [-0.1, -0.05) is 81.8 Å². The molecule has 0 saturated heterocycles. The van der Waals surface area contributed by atoms with Crippen molar-refractivity contribution >= 4 is 18.0 Å². The van der Waals surface area contributed by atoms with E-state index in [1.807, 2.05) is 51.1 Å². The molecule has 0 aliphatic heterocycles. The molecule has 4 atom stereocenters. The van der Waals surface area contributed by atoms with Crippen LogP contribution >= 0.6 is 0 Å². The Hall–Kier alpha value is -3.61. The number of hydrogen-bond donors (Lipinski definition) is 2. The highest BCUT2D eigenvalue weighted by Crippen LogP contribution is 2.44. The molecule has 0 fully saturated rings. The van der Waals surface area contributed by atoms with Gasteiger partial charge >= 0.3 is 12.1 Å². The van der Waals surface area contributed by atoms with Crippen molar-refractivity contribution in [3.8, 4) is 11.1 Å². The summed E-state index contributed by atoms with van der Waals surface area (Å²) >= 11 is 0. The van der Waals surface area contributed by atoms with E-state index in [1.165, 1.54) is 0 Å². The smallest absolute Gasteiger partial charge is 0.407 e. The Kier molecular flexibility index (Phi) is 11.4. The zero-order chi connectivity index (χ0) is 31.0. The number of allylic oxidation sites excluding steroid dienone is 1. The van der Waals surface area contributed by atoms with Gasteiger partial charge in [-0.15, -0.1) is 0 Å². The van der Waals surface area contributed by atoms with E-state index in [1.54, 1.807) is 13.8 Å². The normalized spacial score (nSPS) is 16.0. The average Bonchev–Trinajstić information content (AvgIpc) is 3.26. The molecule has 2 aromatic rings. The molecule has 0 bridgehead atoms. The summed E-state index contributed by atoms with van der Waals surface area (Å²) in [7, 11) is 0. The van der Waals surface area contributed by atoms with Gasteiger partial charge in [-0.25, -0.2) is 9.59 Å². The molecule has 0 spiro atoms. The lowest BCUT2D eigenvalue weighted by atomic mass is 9.85. The standard InChI is InChI=1S/C35H48N2O5/c1-9-22(2)31(23(3)15-14-16-24(4)33(39)42-35(6,7)8)37-32(38)25(5)36-34(40)41-21-30-28-19-12-10-17-26(28)27-18-11-13-20-29(27)30/h10-13,16-20,22-23,25,30-31H,9,14-15,21H2,1-8H3,(H,36,40)(H,37,38)/b24-16+/t22-,23-,25?,31+/m0/s1. The fourth-order valence-corrected chi connectivity index (χ4v) is 5.46. The second kappa shape index (κ2) is 14.5. The monoisotopic (exact) mass is 576 g/mol. The first kappa shape index (κ1) is 32.9. The number of carbonyl (C=O) groups excluding carboxylic acids is 3. The molecule has 228 valence electrons. The van der Waals surface area contributed by atoms with Crippen molar-refractivity contribution < 1.29 is 23.9 Å². The topological polar surface area (TPSA) is 93.7 Å². The first-order valence-corrected chi connectivity index (χ1v) is 15.1. The molecule has 7 heteroatoms. The first-order chi connectivity index (χ1) is 19.8. The number of fused-ring (bicyclic) bond motifs is 3. The Morgan fingerprint density at radius 1 is 0.905 bits per heavy atom. The summed E-state index contributed by atoms with van der Waals surface area (Å²) in [5.41, 5.74) is 4.65. The van der Waals surface area contributed by atoms with Gasteiger partial charge in [0.05, 0.1) is 0 Å². The summed E-state index contributed by atoms with van der Waals surface area (Å²) in [4.78, 5) is 38.2. The van der Waals surface area contributed by atoms with Crippen LogP contribution < -0.4 is 10.6 Å². The van der Waals surface area contributed by atoms with Gasteiger partial charge in [-0.05, 0) is 81.5 Å². The van der Waals surface area contributed by atoms with Crippen molar-refractivity contribution in [2.45, 2.75) is 98.3 Å². The maximum absolute atomic E-state index is 13.2. The van der Waals surface area contributed by atoms with Crippen LogP contribution in [0.5, 0.6) is 0 Å². The van der Waals surface area contributed by atoms with E-state index < -0.39 is 17.7 Å². The molecule has 1 aliphatic rings. The quantitative estimate of drug-likeness (QED) is 0.207. The average molecular weight is 577 g/mol. The van der Waals surface area contributed by atoms with Gasteiger partial charge in [0, 0.05) is 17.5 Å². The SMILES string of the molecule is CC[C@H](C)[C@@H](NC(=O)C(C)NC(=O)OCC1c2ccccc2-c2ccccc21)[C@@H](C)CC/C=C(\C)C(=O)OC(C)(C)C. The number of rotatable bonds is 12. The number of ether oxygens (including phenoxy) is 2. The van der Waals surface area contributed by atoms with Gasteiger partial charge in [0.25, 0.3) is 0 Å². The molecule has 2 amide bonds. The van der Waals surface area contributed by atoms with E-state index in [-0.39, 0.29) is 42.3 Å². The van der Waals surface area contributed by atoms with Gasteiger partial charge in [0.1, 0.15) is 18.2 Å². The number of carbonyl (C=O) groups is 3. The van der Waals surface area contributed by atoms with E-state index >= 15 is 0 Å². The predicted molar refractivity (Wildman–Crippen MR) is 167 cm³/mol. The van der Waals surface area contributed by atoms with Crippen LogP contribution in [-0.4, -0.2) is 42.3 Å². The van der Waals surface area contributed by atoms with Crippen LogP contribution in [0.1, 0.15) is 91.7 Å². The van der Waals surface area contributed by atoms with Gasteiger partial charge in [-0.3, -0.25) is 4.79 Å². The van der Waals surface area contributed by atoms with Gasteiger partial charge in [-0.2, -0.15) is 0 Å². The molecule has 0 radical (unpaired) electrons. The van der Waals surface area contributed by atoms with Crippen LogP contribution in [0, 0.1) is 11.8 Å². The molecule has 1 aliphatic carbocycles. The van der Waals surface area contributed by atoms with E-state index in [2.05, 4.69) is 55.7 Å². The van der Waals surface area contributed by atoms with Crippen molar-refractivity contribution in [1.29, 1.82) is 0 Å². The third-order valence-corrected chi connectivity index (χ3v) is 8.04. The fraction of sp³-hybridized carbons (Fsp3) is 0.514. The molecule has 0 heterocycles. The lowest BCUT2D eigenvalue weighted by molar-refractivity contribution is -0.149. The maximum Gasteiger partial charge on any atom is 0.407 e. The minimum atomic E-state index is -0.756. The van der Waals surface area contributed by atoms with E-state index in [0.29, 0.717) is 12.0 Å². The zero-order valence-corrected chi connectivity index (χ0v) is 26.5. The number of alkyl carbamates (subject to hydrolysis) is 1. The van der Waals surface area contributed by atoms with E-state index in [9.17, 15) is 14.4 Å². The third-order valence-electron chi connectivity index (χ3n) is 8.04. The molecule has 42 heavy (non-hydrogen) atoms. The highest BCUT2D eigenvalue weighted by atomic mass is 16.6. The molecule has 2 aromatic carbocycles. The molecular weight excluding hydrogens is 528 g/mol. The lowest BCUT2D eigenvalue weighted by Crippen LogP contribution is -2.51. The summed E-state index contributed by atoms with van der Waals surface area (Å²) in [6.45, 7) is 15.5. The molecule has 7 nitrogen and oxygen atoms in total. The van der Waals surface area contributed by atoms with Crippen molar-refractivity contribution in [2.24, 2.45) is 11.8 Å². The van der Waals surface area contributed by atoms with Gasteiger partial charge in [0.2, 0.25) is 5.91 Å². The van der Waals surface area contributed by atoms with Crippen LogP contribution in [0.15, 0.2) is 60.2 Å². The molecule has 0 aromatic heterocycles. The highest BCUT2D eigenvalue weighted by molar-refractivity contribution is 5.88. The maximum atomic E-state index is 13.2. The second-order valence-electron chi connectivity index (χ2n) is 12.6. The molecule has 2 N–H and O–H groups in total. The third kappa shape index (κ3) is 8.70. The minimum absolute atomic E-state index is 0.0454. The Bertz CT molecular complexity index is 1230. The first-order valence-electron chi connectivity index (χ1n) is 15.1. The fourth-order valence-electron chi connectivity index (χ4n) is 5.46. The number of hydrogen-bond acceptors (Lipinski definition) is 5. The lowest BCUT2D eigenvalue weighted by Gasteiger charge is -2.31. The second-order valence-corrected chi connectivity index (χ2v) is 12.6. The largest absolute Gasteiger partial charge is 0.457 e. The molecule has 0 saturated carbocycles. The summed E-state index contributed by atoms with van der Waals surface area (Å²) in [6, 6.07) is 15.5. The van der Waals surface area contributed by atoms with Gasteiger partial charge < -0.3 is 20.1 Å². The number of nitrogens with one attached hydrogen (secondary N) is 2. The van der Waals surface area contributed by atoms with Crippen LogP contribution in [0.4, 0.5) is 4.79 Å². The minimum Gasteiger partial charge on any atom is -0.457 e. The van der Waals surface area contributed by atoms with Crippen molar-refractivity contribution in [3.05, 3.63) is 71.3 Å². The van der Waals surface area contributed by atoms with Crippen LogP contribution in [-0.2, 0) is 19.1 Å². The van der Waals surface area contributed by atoms with Crippen molar-refractivity contribution in [3.63, 3.8) is 0 Å². The number of amides is 2. The van der Waals surface area contributed by atoms with Crippen LogP contribution in [0.25, 0.3) is 11.1 Å². The van der Waals surface area contributed by atoms with Crippen molar-refractivity contribution in [1.82, 2.24) is 10.6 Å². The molecule has 3 rings (SSSR count). The van der Waals surface area contributed by atoms with Crippen molar-refractivity contribution in [2.75, 3.05) is 6.61 Å². The summed E-state index contributed by atoms with van der Waals surface area (Å²) in [6.07, 6.45) is 3.68. The van der Waals surface area contributed by atoms with E-state index in [0.717, 1.165) is 35.1 Å². The Morgan fingerprint density at radius 3 is 2.02 bits per heavy atom. The zero-order valence-electron chi connectivity index (χ0n) is 26.5. The Morgan fingerprint density at radius 2 is 1.48 bits per heavy atom. The van der Waals surface area contributed by atoms with Crippen LogP contribution in [0.2, 0.25) is 0 Å². The summed E-state index contributed by atoms with van der Waals surface area (Å²) in [5.74, 6) is -0.207. The Balaban J connectivity index is 1.53. The highest BCUT2D eigenvalue weighted by Gasteiger charge is 2.30. The van der Waals surface area contributed by atoms with E-state index in [4.69, 9.17) is 9.47 Å². The number of esters is 1. The van der Waals surface area contributed by atoms with Crippen LogP contribution in [0.3, 0.4) is 0 Å². The molecule has 1 unspecified atom stereocenters. The molecular formula is C35H48N2O5.